The Balaban J connectivity index is 1.79. The predicted octanol–water partition coefficient (Wildman–Crippen LogP) is 4.26. The number of oxime groups is 1. The highest BCUT2D eigenvalue weighted by molar-refractivity contribution is 6.35. The van der Waals surface area contributed by atoms with E-state index < -0.39 is 0 Å². The summed E-state index contributed by atoms with van der Waals surface area (Å²) < 4.78 is 11.0. The Labute approximate surface area is 132 Å². The van der Waals surface area contributed by atoms with Crippen LogP contribution in [0.1, 0.15) is 5.56 Å². The van der Waals surface area contributed by atoms with Gasteiger partial charge in [0.15, 0.2) is 0 Å². The average Bonchev–Trinajstić information content (AvgIpc) is 2.47. The molecule has 2 aromatic rings. The third kappa shape index (κ3) is 4.85. The van der Waals surface area contributed by atoms with Crippen molar-refractivity contribution in [2.75, 3.05) is 13.2 Å². The summed E-state index contributed by atoms with van der Waals surface area (Å²) in [7, 11) is 0. The minimum absolute atomic E-state index is 0.362. The van der Waals surface area contributed by atoms with Gasteiger partial charge in [-0.05, 0) is 48.0 Å². The molecule has 0 aliphatic rings. The number of rotatable bonds is 6. The molecule has 0 radical (unpaired) electrons. The minimum atomic E-state index is 0.362. The standard InChI is InChI=1S/C15H13Cl2NO3/c16-12-3-6-15(14(17)9-12)21-8-7-20-13-4-1-11(2-5-13)10-18-19/h1-6,9-10,19H,7-8H2/b18-10+. The highest BCUT2D eigenvalue weighted by atomic mass is 35.5. The van der Waals surface area contributed by atoms with E-state index in [0.29, 0.717) is 34.8 Å². The monoisotopic (exact) mass is 325 g/mol. The van der Waals surface area contributed by atoms with Gasteiger partial charge in [0.2, 0.25) is 0 Å². The van der Waals surface area contributed by atoms with E-state index in [9.17, 15) is 0 Å². The second-order valence-electron chi connectivity index (χ2n) is 4.09. The molecule has 0 atom stereocenters. The zero-order valence-electron chi connectivity index (χ0n) is 11.0. The van der Waals surface area contributed by atoms with Gasteiger partial charge in [0.05, 0.1) is 11.2 Å². The van der Waals surface area contributed by atoms with Crippen LogP contribution in [0.5, 0.6) is 11.5 Å². The largest absolute Gasteiger partial charge is 0.490 e. The number of hydrogen-bond acceptors (Lipinski definition) is 4. The molecule has 0 saturated carbocycles. The van der Waals surface area contributed by atoms with Gasteiger partial charge in [0.1, 0.15) is 24.7 Å². The molecule has 0 spiro atoms. The highest BCUT2D eigenvalue weighted by Gasteiger charge is 2.02. The number of nitrogens with zero attached hydrogens (tertiary/aromatic N) is 1. The average molecular weight is 326 g/mol. The molecule has 2 rings (SSSR count). The number of hydrogen-bond donors (Lipinski definition) is 1. The van der Waals surface area contributed by atoms with Crippen molar-refractivity contribution in [2.45, 2.75) is 0 Å². The molecule has 0 aromatic heterocycles. The summed E-state index contributed by atoms with van der Waals surface area (Å²) in [6.07, 6.45) is 1.34. The summed E-state index contributed by atoms with van der Waals surface area (Å²) >= 11 is 11.8. The first-order chi connectivity index (χ1) is 10.2. The minimum Gasteiger partial charge on any atom is -0.490 e. The van der Waals surface area contributed by atoms with E-state index in [1.54, 1.807) is 42.5 Å². The second kappa shape index (κ2) is 7.76. The van der Waals surface area contributed by atoms with E-state index in [1.165, 1.54) is 6.21 Å². The Morgan fingerprint density at radius 1 is 1.00 bits per heavy atom. The summed E-state index contributed by atoms with van der Waals surface area (Å²) in [6.45, 7) is 0.744. The molecule has 0 heterocycles. The fraction of sp³-hybridized carbons (Fsp3) is 0.133. The van der Waals surface area contributed by atoms with Crippen molar-refractivity contribution in [2.24, 2.45) is 5.16 Å². The Bertz CT molecular complexity index is 615. The maximum atomic E-state index is 8.41. The van der Waals surface area contributed by atoms with Gasteiger partial charge in [-0.25, -0.2) is 0 Å². The molecule has 6 heteroatoms. The van der Waals surface area contributed by atoms with Gasteiger partial charge in [0.25, 0.3) is 0 Å². The molecular formula is C15H13Cl2NO3. The van der Waals surface area contributed by atoms with Gasteiger partial charge < -0.3 is 14.7 Å². The molecule has 4 nitrogen and oxygen atoms in total. The first kappa shape index (κ1) is 15.5. The summed E-state index contributed by atoms with van der Waals surface area (Å²) in [5.74, 6) is 1.27. The van der Waals surface area contributed by atoms with Crippen molar-refractivity contribution < 1.29 is 14.7 Å². The molecule has 0 unspecified atom stereocenters. The molecule has 0 aliphatic heterocycles. The van der Waals surface area contributed by atoms with E-state index in [0.717, 1.165) is 5.56 Å². The van der Waals surface area contributed by atoms with E-state index in [4.69, 9.17) is 37.9 Å². The second-order valence-corrected chi connectivity index (χ2v) is 4.93. The summed E-state index contributed by atoms with van der Waals surface area (Å²) in [5, 5.41) is 12.4. The van der Waals surface area contributed by atoms with Crippen LogP contribution in [0.25, 0.3) is 0 Å². The van der Waals surface area contributed by atoms with Crippen LogP contribution >= 0.6 is 23.2 Å². The lowest BCUT2D eigenvalue weighted by Gasteiger charge is -2.09. The van der Waals surface area contributed by atoms with Crippen LogP contribution in [-0.4, -0.2) is 24.6 Å². The molecule has 2 aromatic carbocycles. The molecule has 110 valence electrons. The first-order valence-corrected chi connectivity index (χ1v) is 6.93. The summed E-state index contributed by atoms with van der Waals surface area (Å²) in [6, 6.07) is 12.2. The fourth-order valence-electron chi connectivity index (χ4n) is 1.62. The smallest absolute Gasteiger partial charge is 0.138 e. The van der Waals surface area contributed by atoms with Gasteiger partial charge in [0, 0.05) is 5.02 Å². The topological polar surface area (TPSA) is 51.1 Å². The Morgan fingerprint density at radius 2 is 1.71 bits per heavy atom. The lowest BCUT2D eigenvalue weighted by atomic mass is 10.2. The molecule has 0 fully saturated rings. The Hall–Kier alpha value is -1.91. The molecule has 1 N–H and O–H groups in total. The van der Waals surface area contributed by atoms with Gasteiger partial charge >= 0.3 is 0 Å². The van der Waals surface area contributed by atoms with E-state index >= 15 is 0 Å². The number of benzene rings is 2. The van der Waals surface area contributed by atoms with Crippen LogP contribution in [0, 0.1) is 0 Å². The van der Waals surface area contributed by atoms with Crippen molar-refractivity contribution in [1.29, 1.82) is 0 Å². The maximum Gasteiger partial charge on any atom is 0.138 e. The molecule has 0 aliphatic carbocycles. The Kier molecular flexibility index (Phi) is 5.72. The fourth-order valence-corrected chi connectivity index (χ4v) is 2.08. The van der Waals surface area contributed by atoms with E-state index in [1.807, 2.05) is 0 Å². The first-order valence-electron chi connectivity index (χ1n) is 6.17. The van der Waals surface area contributed by atoms with Crippen LogP contribution in [0.2, 0.25) is 10.0 Å². The van der Waals surface area contributed by atoms with Crippen LogP contribution in [-0.2, 0) is 0 Å². The van der Waals surface area contributed by atoms with Gasteiger partial charge in [-0.2, -0.15) is 0 Å². The summed E-state index contributed by atoms with van der Waals surface area (Å²) in [5.41, 5.74) is 0.786. The summed E-state index contributed by atoms with van der Waals surface area (Å²) in [4.78, 5) is 0. The predicted molar refractivity (Wildman–Crippen MR) is 83.3 cm³/mol. The van der Waals surface area contributed by atoms with E-state index in [2.05, 4.69) is 5.16 Å². The van der Waals surface area contributed by atoms with Gasteiger partial charge in [-0.3, -0.25) is 0 Å². The lowest BCUT2D eigenvalue weighted by molar-refractivity contribution is 0.217. The molecule has 21 heavy (non-hydrogen) atoms. The van der Waals surface area contributed by atoms with Gasteiger partial charge in [-0.15, -0.1) is 0 Å². The maximum absolute atomic E-state index is 8.41. The Morgan fingerprint density at radius 3 is 2.38 bits per heavy atom. The normalized spacial score (nSPS) is 10.8. The van der Waals surface area contributed by atoms with Crippen molar-refractivity contribution in [3.8, 4) is 11.5 Å². The third-order valence-electron chi connectivity index (χ3n) is 2.59. The molecule has 0 saturated heterocycles. The van der Waals surface area contributed by atoms with E-state index in [-0.39, 0.29) is 0 Å². The van der Waals surface area contributed by atoms with Crippen LogP contribution in [0.3, 0.4) is 0 Å². The van der Waals surface area contributed by atoms with Crippen LogP contribution in [0.15, 0.2) is 47.6 Å². The van der Waals surface area contributed by atoms with Crippen molar-refractivity contribution in [3.05, 3.63) is 58.1 Å². The molecule has 0 bridgehead atoms. The molecular weight excluding hydrogens is 313 g/mol. The number of halogens is 2. The SMILES string of the molecule is O/N=C/c1ccc(OCCOc2ccc(Cl)cc2Cl)cc1. The van der Waals surface area contributed by atoms with Crippen molar-refractivity contribution >= 4 is 29.4 Å². The quantitative estimate of drug-likeness (QED) is 0.373. The van der Waals surface area contributed by atoms with Crippen LogP contribution in [0.4, 0.5) is 0 Å². The third-order valence-corrected chi connectivity index (χ3v) is 3.12. The number of ether oxygens (including phenoxy) is 2. The van der Waals surface area contributed by atoms with Crippen molar-refractivity contribution in [3.63, 3.8) is 0 Å². The zero-order valence-corrected chi connectivity index (χ0v) is 12.5. The van der Waals surface area contributed by atoms with Crippen LogP contribution < -0.4 is 9.47 Å². The van der Waals surface area contributed by atoms with Gasteiger partial charge in [-0.1, -0.05) is 28.4 Å². The highest BCUT2D eigenvalue weighted by Crippen LogP contribution is 2.27. The molecule has 0 amide bonds. The lowest BCUT2D eigenvalue weighted by Crippen LogP contribution is -2.09. The zero-order chi connectivity index (χ0) is 15.1. The van der Waals surface area contributed by atoms with Crippen molar-refractivity contribution in [1.82, 2.24) is 0 Å².